The van der Waals surface area contributed by atoms with E-state index in [2.05, 4.69) is 200 Å². The topological polar surface area (TPSA) is 38.7 Å². The van der Waals surface area contributed by atoms with Gasteiger partial charge in [0.25, 0.3) is 0 Å². The van der Waals surface area contributed by atoms with Gasteiger partial charge in [0, 0.05) is 16.7 Å². The molecule has 0 spiro atoms. The maximum absolute atomic E-state index is 5.17. The molecule has 302 valence electrons. The molecule has 1 aliphatic carbocycles. The van der Waals surface area contributed by atoms with Crippen LogP contribution in [0.2, 0.25) is 0 Å². The predicted molar refractivity (Wildman–Crippen MR) is 268 cm³/mol. The second kappa shape index (κ2) is 14.8. The summed E-state index contributed by atoms with van der Waals surface area (Å²) < 4.78 is 0. The fraction of sp³-hybridized carbons (Fsp3) is 0.0161. The molecule has 11 aromatic carbocycles. The molecule has 0 atom stereocenters. The second-order valence-electron chi connectivity index (χ2n) is 17.1. The molecule has 3 heteroatoms. The molecule has 0 bridgehead atoms. The predicted octanol–water partition coefficient (Wildman–Crippen LogP) is 15.5. The van der Waals surface area contributed by atoms with Crippen LogP contribution < -0.4 is 0 Å². The maximum Gasteiger partial charge on any atom is 0.164 e. The van der Waals surface area contributed by atoms with Gasteiger partial charge in [-0.25, -0.2) is 15.0 Å². The van der Waals surface area contributed by atoms with Crippen molar-refractivity contribution in [1.82, 2.24) is 15.0 Å². The first-order valence-corrected chi connectivity index (χ1v) is 22.3. The molecule has 0 N–H and O–H groups in total. The van der Waals surface area contributed by atoms with E-state index in [1.165, 1.54) is 88.0 Å². The fourth-order valence-electron chi connectivity index (χ4n) is 10.6. The van der Waals surface area contributed by atoms with E-state index in [0.29, 0.717) is 17.5 Å². The van der Waals surface area contributed by atoms with E-state index in [0.717, 1.165) is 16.7 Å². The molecular formula is C62H39N3. The number of hydrogen-bond acceptors (Lipinski definition) is 3. The van der Waals surface area contributed by atoms with Crippen LogP contribution in [0.15, 0.2) is 237 Å². The van der Waals surface area contributed by atoms with Gasteiger partial charge in [-0.2, -0.15) is 0 Å². The van der Waals surface area contributed by atoms with Crippen LogP contribution in [0.25, 0.3) is 99.9 Å². The third-order valence-electron chi connectivity index (χ3n) is 13.5. The maximum atomic E-state index is 5.17. The Morgan fingerprint density at radius 2 is 0.677 bits per heavy atom. The van der Waals surface area contributed by atoms with Crippen molar-refractivity contribution in [2.24, 2.45) is 0 Å². The van der Waals surface area contributed by atoms with Crippen LogP contribution in [-0.4, -0.2) is 15.0 Å². The highest BCUT2D eigenvalue weighted by atomic mass is 15.0. The Kier molecular flexibility index (Phi) is 8.44. The van der Waals surface area contributed by atoms with Gasteiger partial charge in [-0.15, -0.1) is 0 Å². The van der Waals surface area contributed by atoms with Crippen LogP contribution in [0.3, 0.4) is 0 Å². The summed E-state index contributed by atoms with van der Waals surface area (Å²) in [5.41, 5.74) is 14.2. The molecule has 0 aliphatic heterocycles. The van der Waals surface area contributed by atoms with E-state index < -0.39 is 5.41 Å². The lowest BCUT2D eigenvalue weighted by Gasteiger charge is -2.34. The SMILES string of the molecule is c1ccc(-c2nc(-c3ccccc3)nc(-c3ccc4c(c3)C(c3ccccc3)(c3ccccc3)c3cc(-c5cccc(-c6ccc7ccc8cccc9ccc6c7c89)c5)ccc3-4)n2)cc1. The van der Waals surface area contributed by atoms with Crippen molar-refractivity contribution in [3.05, 3.63) is 259 Å². The molecule has 0 saturated heterocycles. The molecule has 13 rings (SSSR count). The van der Waals surface area contributed by atoms with E-state index in [4.69, 9.17) is 15.0 Å². The molecule has 0 saturated carbocycles. The van der Waals surface area contributed by atoms with Crippen LogP contribution in [0.4, 0.5) is 0 Å². The highest BCUT2D eigenvalue weighted by molar-refractivity contribution is 6.25. The lowest BCUT2D eigenvalue weighted by atomic mass is 9.67. The van der Waals surface area contributed by atoms with Crippen molar-refractivity contribution in [2.75, 3.05) is 0 Å². The Morgan fingerprint density at radius 1 is 0.262 bits per heavy atom. The monoisotopic (exact) mass is 825 g/mol. The smallest absolute Gasteiger partial charge is 0.164 e. The van der Waals surface area contributed by atoms with Gasteiger partial charge in [-0.1, -0.05) is 218 Å². The molecule has 3 nitrogen and oxygen atoms in total. The van der Waals surface area contributed by atoms with Gasteiger partial charge in [0.05, 0.1) is 5.41 Å². The van der Waals surface area contributed by atoms with Gasteiger partial charge >= 0.3 is 0 Å². The molecule has 1 aromatic heterocycles. The van der Waals surface area contributed by atoms with Crippen LogP contribution in [-0.2, 0) is 5.41 Å². The normalized spacial score (nSPS) is 12.7. The summed E-state index contributed by atoms with van der Waals surface area (Å²) in [5.74, 6) is 1.92. The van der Waals surface area contributed by atoms with Crippen molar-refractivity contribution in [1.29, 1.82) is 0 Å². The van der Waals surface area contributed by atoms with Crippen molar-refractivity contribution in [2.45, 2.75) is 5.41 Å². The van der Waals surface area contributed by atoms with E-state index in [-0.39, 0.29) is 0 Å². The quantitative estimate of drug-likeness (QED) is 0.150. The first-order valence-electron chi connectivity index (χ1n) is 22.3. The zero-order chi connectivity index (χ0) is 42.9. The van der Waals surface area contributed by atoms with Crippen LogP contribution in [0.1, 0.15) is 22.3 Å². The van der Waals surface area contributed by atoms with E-state index in [1.54, 1.807) is 0 Å². The van der Waals surface area contributed by atoms with Gasteiger partial charge in [0.2, 0.25) is 0 Å². The summed E-state index contributed by atoms with van der Waals surface area (Å²) in [5, 5.41) is 7.77. The van der Waals surface area contributed by atoms with Gasteiger partial charge in [-0.3, -0.25) is 0 Å². The number of nitrogens with zero attached hydrogens (tertiary/aromatic N) is 3. The zero-order valence-corrected chi connectivity index (χ0v) is 35.4. The van der Waals surface area contributed by atoms with E-state index in [9.17, 15) is 0 Å². The summed E-state index contributed by atoms with van der Waals surface area (Å²) in [6, 6.07) is 85.6. The Morgan fingerprint density at radius 3 is 1.28 bits per heavy atom. The molecule has 0 amide bonds. The molecular weight excluding hydrogens is 787 g/mol. The molecule has 0 unspecified atom stereocenters. The Bertz CT molecular complexity index is 3640. The number of aromatic nitrogens is 3. The molecule has 1 aliphatic rings. The van der Waals surface area contributed by atoms with Crippen molar-refractivity contribution >= 4 is 32.3 Å². The van der Waals surface area contributed by atoms with E-state index >= 15 is 0 Å². The average molecular weight is 826 g/mol. The minimum absolute atomic E-state index is 0.635. The van der Waals surface area contributed by atoms with Crippen molar-refractivity contribution < 1.29 is 0 Å². The Labute approximate surface area is 377 Å². The average Bonchev–Trinajstić information content (AvgIpc) is 3.68. The second-order valence-corrected chi connectivity index (χ2v) is 17.1. The third kappa shape index (κ3) is 5.86. The first-order chi connectivity index (χ1) is 32.2. The molecule has 1 heterocycles. The molecule has 12 aromatic rings. The molecule has 0 fully saturated rings. The molecule has 0 radical (unpaired) electrons. The van der Waals surface area contributed by atoms with Gasteiger partial charge in [0.1, 0.15) is 0 Å². The van der Waals surface area contributed by atoms with Crippen LogP contribution in [0.5, 0.6) is 0 Å². The van der Waals surface area contributed by atoms with Crippen LogP contribution in [0, 0.1) is 0 Å². The fourth-order valence-corrected chi connectivity index (χ4v) is 10.6. The van der Waals surface area contributed by atoms with Gasteiger partial charge in [-0.05, 0) is 106 Å². The van der Waals surface area contributed by atoms with Gasteiger partial charge < -0.3 is 0 Å². The summed E-state index contributed by atoms with van der Waals surface area (Å²) in [7, 11) is 0. The first kappa shape index (κ1) is 37.1. The Balaban J connectivity index is 1.00. The molecule has 65 heavy (non-hydrogen) atoms. The number of benzene rings is 11. The lowest BCUT2D eigenvalue weighted by molar-refractivity contribution is 0.769. The largest absolute Gasteiger partial charge is 0.208 e. The summed E-state index contributed by atoms with van der Waals surface area (Å²) in [4.78, 5) is 15.4. The number of hydrogen-bond donors (Lipinski definition) is 0. The summed E-state index contributed by atoms with van der Waals surface area (Å²) in [6.07, 6.45) is 0. The highest BCUT2D eigenvalue weighted by Gasteiger charge is 2.46. The lowest BCUT2D eigenvalue weighted by Crippen LogP contribution is -2.28. The van der Waals surface area contributed by atoms with E-state index in [1.807, 2.05) is 36.4 Å². The highest BCUT2D eigenvalue weighted by Crippen LogP contribution is 2.57. The summed E-state index contributed by atoms with van der Waals surface area (Å²) >= 11 is 0. The zero-order valence-electron chi connectivity index (χ0n) is 35.4. The van der Waals surface area contributed by atoms with Crippen LogP contribution >= 0.6 is 0 Å². The van der Waals surface area contributed by atoms with Crippen molar-refractivity contribution in [3.63, 3.8) is 0 Å². The third-order valence-corrected chi connectivity index (χ3v) is 13.5. The Hall–Kier alpha value is -8.53. The van der Waals surface area contributed by atoms with Crippen molar-refractivity contribution in [3.8, 4) is 67.5 Å². The number of rotatable bonds is 7. The number of fused-ring (bicyclic) bond motifs is 3. The minimum Gasteiger partial charge on any atom is -0.208 e. The van der Waals surface area contributed by atoms with Gasteiger partial charge in [0.15, 0.2) is 17.5 Å². The minimum atomic E-state index is -0.638. The standard InChI is InChI=1S/C62H39N3/c1-5-15-43(16-6-1)59-63-60(44-17-7-2-8-18-44)65-61(64-59)48-32-35-53-52-34-31-46(38-55(52)62(56(53)39-48,49-23-9-3-10-24-49)50-25-11-4-12-26-50)45-21-14-22-47(37-45)51-33-29-42-28-27-40-19-13-20-41-30-36-54(51)58(42)57(40)41/h1-39H. The summed E-state index contributed by atoms with van der Waals surface area (Å²) in [6.45, 7) is 0.